The molecule has 0 spiro atoms. The molecule has 0 unspecified atom stereocenters. The number of urea groups is 1. The van der Waals surface area contributed by atoms with Gasteiger partial charge in [0, 0.05) is 25.6 Å². The molecule has 0 saturated carbocycles. The lowest BCUT2D eigenvalue weighted by molar-refractivity contribution is -0.131. The van der Waals surface area contributed by atoms with E-state index < -0.39 is 18.0 Å². The molecule has 1 heterocycles. The van der Waals surface area contributed by atoms with Gasteiger partial charge in [0.05, 0.1) is 0 Å². The van der Waals surface area contributed by atoms with Gasteiger partial charge in [0.25, 0.3) is 5.91 Å². The van der Waals surface area contributed by atoms with E-state index in [0.717, 1.165) is 35.1 Å². The van der Waals surface area contributed by atoms with E-state index in [0.29, 0.717) is 25.3 Å². The Morgan fingerprint density at radius 1 is 0.783 bits per heavy atom. The Balaban J connectivity index is 1.33. The highest BCUT2D eigenvalue weighted by molar-refractivity contribution is 5.98. The van der Waals surface area contributed by atoms with Crippen LogP contribution in [0.1, 0.15) is 42.0 Å². The van der Waals surface area contributed by atoms with Crippen molar-refractivity contribution in [1.29, 1.82) is 0 Å². The minimum absolute atomic E-state index is 0.0326. The van der Waals surface area contributed by atoms with Crippen LogP contribution in [0, 0.1) is 0 Å². The Morgan fingerprint density at radius 3 is 1.96 bits per heavy atom. The van der Waals surface area contributed by atoms with Gasteiger partial charge in [-0.15, -0.1) is 0 Å². The van der Waals surface area contributed by atoms with E-state index in [4.69, 9.17) is 9.47 Å². The number of hydrogen-bond donors (Lipinski definition) is 1. The molecule has 8 nitrogen and oxygen atoms in total. The van der Waals surface area contributed by atoms with Gasteiger partial charge in [-0.25, -0.2) is 9.59 Å². The molecule has 4 aromatic carbocycles. The number of hydrogen-bond acceptors (Lipinski definition) is 5. The number of likely N-dealkylation sites (tertiary alicyclic amines) is 1. The number of nitrogens with one attached hydrogen (secondary N) is 1. The Bertz CT molecular complexity index is 1550. The zero-order chi connectivity index (χ0) is 32.1. The summed E-state index contributed by atoms with van der Waals surface area (Å²) in [5, 5.41) is 2.78. The molecular formula is C38H41N3O5. The van der Waals surface area contributed by atoms with Crippen LogP contribution in [-0.2, 0) is 35.6 Å². The van der Waals surface area contributed by atoms with Crippen LogP contribution in [0.25, 0.3) is 0 Å². The van der Waals surface area contributed by atoms with Gasteiger partial charge < -0.3 is 19.7 Å². The van der Waals surface area contributed by atoms with Crippen molar-refractivity contribution in [1.82, 2.24) is 15.1 Å². The molecule has 8 heteroatoms. The normalized spacial score (nSPS) is 14.7. The predicted molar refractivity (Wildman–Crippen MR) is 177 cm³/mol. The first-order chi connectivity index (χ1) is 22.5. The third-order valence-corrected chi connectivity index (χ3v) is 8.18. The molecule has 2 atom stereocenters. The first kappa shape index (κ1) is 32.3. The molecule has 0 radical (unpaired) electrons. The number of imide groups is 1. The summed E-state index contributed by atoms with van der Waals surface area (Å²) in [5.41, 5.74) is 3.71. The van der Waals surface area contributed by atoms with Crippen molar-refractivity contribution in [2.75, 3.05) is 13.1 Å². The van der Waals surface area contributed by atoms with Crippen LogP contribution in [-0.4, -0.2) is 53.0 Å². The van der Waals surface area contributed by atoms with Crippen molar-refractivity contribution < 1.29 is 23.9 Å². The molecule has 1 aliphatic rings. The van der Waals surface area contributed by atoms with Crippen molar-refractivity contribution in [2.45, 2.75) is 57.9 Å². The van der Waals surface area contributed by atoms with Crippen molar-refractivity contribution in [2.24, 2.45) is 0 Å². The quantitative estimate of drug-likeness (QED) is 0.189. The lowest BCUT2D eigenvalue weighted by Gasteiger charge is -2.32. The van der Waals surface area contributed by atoms with E-state index in [1.54, 1.807) is 4.90 Å². The molecule has 46 heavy (non-hydrogen) atoms. The number of carbonyl (C=O) groups is 3. The molecule has 4 aromatic rings. The lowest BCUT2D eigenvalue weighted by atomic mass is 10.0. The fraction of sp³-hybridized carbons (Fsp3) is 0.289. The molecule has 5 rings (SSSR count). The number of rotatable bonds is 12. The molecule has 1 N–H and O–H groups in total. The Morgan fingerprint density at radius 2 is 1.37 bits per heavy atom. The Labute approximate surface area is 270 Å². The molecular weight excluding hydrogens is 578 g/mol. The second-order valence-electron chi connectivity index (χ2n) is 11.6. The summed E-state index contributed by atoms with van der Waals surface area (Å²) < 4.78 is 11.4. The molecule has 0 aliphatic carbocycles. The average molecular weight is 620 g/mol. The van der Waals surface area contributed by atoms with Gasteiger partial charge >= 0.3 is 12.1 Å². The predicted octanol–water partition coefficient (Wildman–Crippen LogP) is 6.78. The topological polar surface area (TPSA) is 88.2 Å². The Kier molecular flexibility index (Phi) is 11.4. The van der Waals surface area contributed by atoms with E-state index in [1.807, 2.05) is 122 Å². The van der Waals surface area contributed by atoms with Gasteiger partial charge in [-0.05, 0) is 60.6 Å². The molecule has 238 valence electrons. The van der Waals surface area contributed by atoms with Gasteiger partial charge in [0.15, 0.2) is 0 Å². The van der Waals surface area contributed by atoms with E-state index in [9.17, 15) is 14.4 Å². The van der Waals surface area contributed by atoms with E-state index >= 15 is 0 Å². The first-order valence-corrected chi connectivity index (χ1v) is 15.8. The van der Waals surface area contributed by atoms with Crippen molar-refractivity contribution in [3.05, 3.63) is 138 Å². The second-order valence-corrected chi connectivity index (χ2v) is 11.6. The maximum absolute atomic E-state index is 14.3. The van der Waals surface area contributed by atoms with Crippen molar-refractivity contribution >= 4 is 18.0 Å². The van der Waals surface area contributed by atoms with Crippen LogP contribution in [0.15, 0.2) is 115 Å². The smallest absolute Gasteiger partial charge is 0.408 e. The fourth-order valence-corrected chi connectivity index (χ4v) is 5.55. The first-order valence-electron chi connectivity index (χ1n) is 15.8. The number of alkyl carbamates (subject to hydrolysis) is 1. The monoisotopic (exact) mass is 619 g/mol. The summed E-state index contributed by atoms with van der Waals surface area (Å²) in [7, 11) is 0. The van der Waals surface area contributed by atoms with Crippen LogP contribution in [0.3, 0.4) is 0 Å². The summed E-state index contributed by atoms with van der Waals surface area (Å²) in [5.74, 6) is 0.217. The van der Waals surface area contributed by atoms with Crippen LogP contribution in [0.4, 0.5) is 9.59 Å². The van der Waals surface area contributed by atoms with Crippen LogP contribution in [0.5, 0.6) is 5.75 Å². The Hall–Kier alpha value is -5.11. The molecule has 1 aliphatic heterocycles. The average Bonchev–Trinajstić information content (AvgIpc) is 3.53. The highest BCUT2D eigenvalue weighted by Crippen LogP contribution is 2.21. The zero-order valence-electron chi connectivity index (χ0n) is 26.2. The summed E-state index contributed by atoms with van der Waals surface area (Å²) in [4.78, 5) is 44.3. The third-order valence-electron chi connectivity index (χ3n) is 8.18. The maximum Gasteiger partial charge on any atom is 0.408 e. The number of amides is 4. The molecule has 4 amide bonds. The van der Waals surface area contributed by atoms with Gasteiger partial charge in [0.2, 0.25) is 0 Å². The van der Waals surface area contributed by atoms with Crippen molar-refractivity contribution in [3.63, 3.8) is 0 Å². The van der Waals surface area contributed by atoms with Gasteiger partial charge in [0.1, 0.15) is 25.0 Å². The molecule has 1 saturated heterocycles. The standard InChI is InChI=1S/C38H41N3O5/c1-29-12-11-24-40(29)38(44)41(25-23-30-13-5-2-6-14-30)36(42)35(39-37(43)46-28-33-17-9-4-10-18-33)26-31-19-21-34(22-20-31)45-27-32-15-7-3-8-16-32/h2-10,13-22,29,35H,11-12,23-28H2,1H3,(H,39,43)/t29-,35+/m1/s1. The highest BCUT2D eigenvalue weighted by atomic mass is 16.5. The summed E-state index contributed by atoms with van der Waals surface area (Å²) in [6.07, 6.45) is 1.72. The van der Waals surface area contributed by atoms with E-state index in [2.05, 4.69) is 5.32 Å². The SMILES string of the molecule is C[C@@H]1CCCN1C(=O)N(CCc1ccccc1)C(=O)[C@H](Cc1ccc(OCc2ccccc2)cc1)NC(=O)OCc1ccccc1. The van der Waals surface area contributed by atoms with Gasteiger partial charge in [-0.2, -0.15) is 0 Å². The third kappa shape index (κ3) is 9.20. The zero-order valence-corrected chi connectivity index (χ0v) is 26.2. The molecule has 0 bridgehead atoms. The van der Waals surface area contributed by atoms with Crippen molar-refractivity contribution in [3.8, 4) is 5.75 Å². The van der Waals surface area contributed by atoms with E-state index in [1.165, 1.54) is 4.90 Å². The summed E-state index contributed by atoms with van der Waals surface area (Å²) in [6.45, 7) is 3.28. The second kappa shape index (κ2) is 16.3. The number of ether oxygens (including phenoxy) is 2. The largest absolute Gasteiger partial charge is 0.489 e. The summed E-state index contributed by atoms with van der Waals surface area (Å²) in [6, 6.07) is 35.1. The van der Waals surface area contributed by atoms with Crippen LogP contribution < -0.4 is 10.1 Å². The molecule has 0 aromatic heterocycles. The van der Waals surface area contributed by atoms with Gasteiger partial charge in [-0.3, -0.25) is 9.69 Å². The lowest BCUT2D eigenvalue weighted by Crippen LogP contribution is -2.55. The molecule has 1 fully saturated rings. The maximum atomic E-state index is 14.3. The minimum Gasteiger partial charge on any atom is -0.489 e. The number of nitrogens with zero attached hydrogens (tertiary/aromatic N) is 2. The minimum atomic E-state index is -1.03. The fourth-order valence-electron chi connectivity index (χ4n) is 5.55. The van der Waals surface area contributed by atoms with Gasteiger partial charge in [-0.1, -0.05) is 103 Å². The number of benzene rings is 4. The van der Waals surface area contributed by atoms with E-state index in [-0.39, 0.29) is 31.6 Å². The van der Waals surface area contributed by atoms with Crippen LogP contribution >= 0.6 is 0 Å². The summed E-state index contributed by atoms with van der Waals surface area (Å²) >= 11 is 0. The number of carbonyl (C=O) groups excluding carboxylic acids is 3. The van der Waals surface area contributed by atoms with Crippen LogP contribution in [0.2, 0.25) is 0 Å². The highest BCUT2D eigenvalue weighted by Gasteiger charge is 2.36.